The van der Waals surface area contributed by atoms with Crippen molar-refractivity contribution in [2.75, 3.05) is 18.6 Å². The molecule has 0 radical (unpaired) electrons. The third-order valence-electron chi connectivity index (χ3n) is 4.96. The quantitative estimate of drug-likeness (QED) is 0.419. The molecular formula is C21H22BrF3N3OP. The normalized spacial score (nSPS) is 13.5. The Morgan fingerprint density at radius 1 is 1.13 bits per heavy atom. The van der Waals surface area contributed by atoms with E-state index in [4.69, 9.17) is 0 Å². The van der Waals surface area contributed by atoms with Gasteiger partial charge >= 0.3 is 6.18 Å². The molecular weight excluding hydrogens is 478 g/mol. The first-order valence-electron chi connectivity index (χ1n) is 9.25. The molecule has 1 atom stereocenters. The fourth-order valence-corrected chi connectivity index (χ4v) is 6.13. The molecule has 0 aliphatic rings. The number of nitrogens with one attached hydrogen (secondary N) is 1. The van der Waals surface area contributed by atoms with Gasteiger partial charge in [0.05, 0.1) is 17.1 Å². The van der Waals surface area contributed by atoms with Crippen LogP contribution in [0.15, 0.2) is 34.8 Å². The van der Waals surface area contributed by atoms with Crippen molar-refractivity contribution in [2.24, 2.45) is 0 Å². The number of hydrogen-bond acceptors (Lipinski definition) is 4. The van der Waals surface area contributed by atoms with Crippen LogP contribution in [0.25, 0.3) is 10.9 Å². The Balaban J connectivity index is 2.08. The maximum Gasteiger partial charge on any atom is 0.416 e. The zero-order chi connectivity index (χ0) is 22.4. The van der Waals surface area contributed by atoms with Gasteiger partial charge in [0.2, 0.25) is 0 Å². The molecule has 160 valence electrons. The van der Waals surface area contributed by atoms with Crippen LogP contribution >= 0.6 is 23.1 Å². The van der Waals surface area contributed by atoms with Crippen molar-refractivity contribution in [3.63, 3.8) is 0 Å². The van der Waals surface area contributed by atoms with Crippen LogP contribution in [0.2, 0.25) is 0 Å². The number of hydrogen-bond donors (Lipinski definition) is 1. The van der Waals surface area contributed by atoms with Gasteiger partial charge in [0.15, 0.2) is 0 Å². The fraction of sp³-hybridized carbons (Fsp3) is 0.333. The number of anilines is 1. The highest BCUT2D eigenvalue weighted by Gasteiger charge is 2.33. The van der Waals surface area contributed by atoms with Gasteiger partial charge < -0.3 is 9.88 Å². The Kier molecular flexibility index (Phi) is 6.04. The Morgan fingerprint density at radius 3 is 2.40 bits per heavy atom. The smallest absolute Gasteiger partial charge is 0.363 e. The first-order valence-corrected chi connectivity index (χ1v) is 12.6. The highest BCUT2D eigenvalue weighted by molar-refractivity contribution is 9.10. The lowest BCUT2D eigenvalue weighted by molar-refractivity contribution is -0.138. The van der Waals surface area contributed by atoms with Crippen LogP contribution in [-0.2, 0) is 10.7 Å². The van der Waals surface area contributed by atoms with Crippen LogP contribution in [0.1, 0.15) is 35.5 Å². The third-order valence-corrected chi connectivity index (χ3v) is 7.45. The molecule has 30 heavy (non-hydrogen) atoms. The highest BCUT2D eigenvalue weighted by atomic mass is 79.9. The number of aromatic nitrogens is 2. The van der Waals surface area contributed by atoms with E-state index in [1.54, 1.807) is 45.4 Å². The summed E-state index contributed by atoms with van der Waals surface area (Å²) >= 11 is 3.48. The second kappa shape index (κ2) is 7.97. The second-order valence-corrected chi connectivity index (χ2v) is 11.7. The van der Waals surface area contributed by atoms with Crippen molar-refractivity contribution in [1.82, 2.24) is 9.97 Å². The van der Waals surface area contributed by atoms with Gasteiger partial charge in [0.25, 0.3) is 0 Å². The van der Waals surface area contributed by atoms with Gasteiger partial charge in [0.1, 0.15) is 18.8 Å². The lowest BCUT2D eigenvalue weighted by Crippen LogP contribution is -2.15. The molecule has 2 aromatic carbocycles. The van der Waals surface area contributed by atoms with E-state index < -0.39 is 24.9 Å². The zero-order valence-corrected chi connectivity index (χ0v) is 19.7. The van der Waals surface area contributed by atoms with Gasteiger partial charge in [-0.3, -0.25) is 0 Å². The monoisotopic (exact) mass is 499 g/mol. The first-order chi connectivity index (χ1) is 13.8. The molecule has 0 aliphatic carbocycles. The minimum Gasteiger partial charge on any atom is -0.363 e. The molecule has 0 saturated heterocycles. The summed E-state index contributed by atoms with van der Waals surface area (Å²) in [5, 5.41) is 4.62. The molecule has 0 amide bonds. The molecule has 0 fully saturated rings. The molecule has 3 aromatic rings. The molecule has 0 spiro atoms. The molecule has 1 heterocycles. The van der Waals surface area contributed by atoms with E-state index >= 15 is 0 Å². The van der Waals surface area contributed by atoms with E-state index in [0.29, 0.717) is 37.9 Å². The molecule has 3 rings (SSSR count). The molecule has 1 N–H and O–H groups in total. The van der Waals surface area contributed by atoms with Crippen molar-refractivity contribution in [3.05, 3.63) is 57.3 Å². The largest absolute Gasteiger partial charge is 0.416 e. The van der Waals surface area contributed by atoms with Gasteiger partial charge in [-0.2, -0.15) is 13.2 Å². The summed E-state index contributed by atoms with van der Waals surface area (Å²) in [5.74, 6) is 1.02. The maximum absolute atomic E-state index is 13.3. The van der Waals surface area contributed by atoms with Crippen molar-refractivity contribution in [1.29, 1.82) is 0 Å². The number of aryl methyl sites for hydroxylation is 1. The lowest BCUT2D eigenvalue weighted by Gasteiger charge is -2.21. The van der Waals surface area contributed by atoms with Crippen LogP contribution in [0, 0.1) is 13.8 Å². The molecule has 1 aromatic heterocycles. The molecule has 0 saturated carbocycles. The summed E-state index contributed by atoms with van der Waals surface area (Å²) in [7, 11) is -2.53. The summed E-state index contributed by atoms with van der Waals surface area (Å²) in [6.07, 6.45) is -4.41. The predicted octanol–water partition coefficient (Wildman–Crippen LogP) is 6.45. The minimum absolute atomic E-state index is 0.182. The Labute approximate surface area is 181 Å². The van der Waals surface area contributed by atoms with E-state index in [1.165, 1.54) is 13.0 Å². The van der Waals surface area contributed by atoms with Crippen LogP contribution in [0.5, 0.6) is 0 Å². The average molecular weight is 500 g/mol. The Morgan fingerprint density at radius 2 is 1.80 bits per heavy atom. The number of nitrogens with zero attached hydrogens (tertiary/aromatic N) is 2. The summed E-state index contributed by atoms with van der Waals surface area (Å²) < 4.78 is 53.1. The van der Waals surface area contributed by atoms with Crippen molar-refractivity contribution in [2.45, 2.75) is 33.0 Å². The van der Waals surface area contributed by atoms with Gasteiger partial charge in [-0.15, -0.1) is 0 Å². The minimum atomic E-state index is -4.41. The summed E-state index contributed by atoms with van der Waals surface area (Å²) in [5.41, 5.74) is 0.699. The molecule has 1 unspecified atom stereocenters. The van der Waals surface area contributed by atoms with Crippen molar-refractivity contribution >= 4 is 45.1 Å². The molecule has 0 aliphatic heterocycles. The van der Waals surface area contributed by atoms with Crippen molar-refractivity contribution in [3.8, 4) is 0 Å². The molecule has 0 bridgehead atoms. The third kappa shape index (κ3) is 4.54. The van der Waals surface area contributed by atoms with Gasteiger partial charge in [-0.25, -0.2) is 9.97 Å². The number of rotatable bonds is 4. The number of halogens is 4. The number of alkyl halides is 3. The number of benzene rings is 2. The second-order valence-electron chi connectivity index (χ2n) is 7.67. The Bertz CT molecular complexity index is 1170. The van der Waals surface area contributed by atoms with Gasteiger partial charge in [0, 0.05) is 15.2 Å². The standard InChI is InChI=1S/C21H22BrF3N3OP/c1-11-14(7-6-8-16(11)21(23,24)25)12(2)26-20-15-9-17(22)19(30(4,5)29)10-18(15)27-13(3)28-20/h6-10,12H,1-5H3,(H,26,27,28). The predicted molar refractivity (Wildman–Crippen MR) is 119 cm³/mol. The first kappa shape index (κ1) is 22.8. The fourth-order valence-electron chi connectivity index (χ4n) is 3.49. The highest BCUT2D eigenvalue weighted by Crippen LogP contribution is 2.40. The topological polar surface area (TPSA) is 54.9 Å². The summed E-state index contributed by atoms with van der Waals surface area (Å²) in [6, 6.07) is 7.33. The molecule has 4 nitrogen and oxygen atoms in total. The lowest BCUT2D eigenvalue weighted by atomic mass is 9.97. The maximum atomic E-state index is 13.3. The van der Waals surface area contributed by atoms with E-state index in [1.807, 2.05) is 0 Å². The van der Waals surface area contributed by atoms with Crippen molar-refractivity contribution < 1.29 is 17.7 Å². The zero-order valence-electron chi connectivity index (χ0n) is 17.2. The van der Waals surface area contributed by atoms with Crippen LogP contribution in [-0.4, -0.2) is 23.3 Å². The van der Waals surface area contributed by atoms with E-state index in [0.717, 1.165) is 6.07 Å². The van der Waals surface area contributed by atoms with Crippen LogP contribution < -0.4 is 10.6 Å². The van der Waals surface area contributed by atoms with Gasteiger partial charge in [-0.1, -0.05) is 12.1 Å². The number of fused-ring (bicyclic) bond motifs is 1. The SMILES string of the molecule is Cc1nc(NC(C)c2cccc(C(F)(F)F)c2C)c2cc(Br)c(P(C)(C)=O)cc2n1. The summed E-state index contributed by atoms with van der Waals surface area (Å²) in [6.45, 7) is 8.38. The summed E-state index contributed by atoms with van der Waals surface area (Å²) in [4.78, 5) is 8.92. The van der Waals surface area contributed by atoms with Crippen LogP contribution in [0.3, 0.4) is 0 Å². The Hall–Kier alpha value is -1.92. The van der Waals surface area contributed by atoms with E-state index in [9.17, 15) is 17.7 Å². The van der Waals surface area contributed by atoms with Crippen LogP contribution in [0.4, 0.5) is 19.0 Å². The van der Waals surface area contributed by atoms with E-state index in [-0.39, 0.29) is 5.56 Å². The van der Waals surface area contributed by atoms with Gasteiger partial charge in [-0.05, 0) is 79.4 Å². The van der Waals surface area contributed by atoms with E-state index in [2.05, 4.69) is 31.2 Å². The average Bonchev–Trinajstić information content (AvgIpc) is 2.60. The molecule has 9 heteroatoms.